The summed E-state index contributed by atoms with van der Waals surface area (Å²) in [6, 6.07) is 0. The molecular formula is C18H22O4. The van der Waals surface area contributed by atoms with Gasteiger partial charge in [0.25, 0.3) is 0 Å². The highest BCUT2D eigenvalue weighted by Gasteiger charge is 2.71. The highest BCUT2D eigenvalue weighted by Crippen LogP contribution is 2.65. The third-order valence-electron chi connectivity index (χ3n) is 7.64. The predicted molar refractivity (Wildman–Crippen MR) is 75.7 cm³/mol. The summed E-state index contributed by atoms with van der Waals surface area (Å²) in [4.78, 5) is 25.8. The summed E-state index contributed by atoms with van der Waals surface area (Å²) in [5, 5.41) is 0. The summed E-state index contributed by atoms with van der Waals surface area (Å²) < 4.78 is 11.0. The van der Waals surface area contributed by atoms with Gasteiger partial charge in [0.15, 0.2) is 5.78 Å². The van der Waals surface area contributed by atoms with Crippen molar-refractivity contribution in [3.05, 3.63) is 0 Å². The van der Waals surface area contributed by atoms with Crippen molar-refractivity contribution in [1.82, 2.24) is 0 Å². The lowest BCUT2D eigenvalue weighted by atomic mass is 9.48. The minimum atomic E-state index is -0.666. The van der Waals surface area contributed by atoms with Gasteiger partial charge in [0.05, 0.1) is 12.7 Å². The SMILES string of the molecule is O=C1[C@@H]2OC[C@H](O2)[C@H]2[C@H](C(=O)C34CC5CC(CC(C5)C3)C4)[C@H]12. The molecule has 0 radical (unpaired) electrons. The minimum Gasteiger partial charge on any atom is -0.343 e. The van der Waals surface area contributed by atoms with Crippen molar-refractivity contribution in [3.8, 4) is 0 Å². The molecule has 2 aliphatic heterocycles. The Morgan fingerprint density at radius 3 is 2.32 bits per heavy atom. The van der Waals surface area contributed by atoms with Crippen LogP contribution >= 0.6 is 0 Å². The number of carbonyl (C=O) groups excluding carboxylic acids is 2. The van der Waals surface area contributed by atoms with E-state index in [-0.39, 0.29) is 35.1 Å². The molecule has 0 N–H and O–H groups in total. The number of rotatable bonds is 2. The largest absolute Gasteiger partial charge is 0.343 e. The molecule has 7 aliphatic rings. The minimum absolute atomic E-state index is 0.00411. The molecule has 0 spiro atoms. The van der Waals surface area contributed by atoms with Crippen LogP contribution in [0.5, 0.6) is 0 Å². The molecule has 2 saturated heterocycles. The topological polar surface area (TPSA) is 52.6 Å². The Balaban J connectivity index is 1.31. The summed E-state index contributed by atoms with van der Waals surface area (Å²) in [7, 11) is 0. The Kier molecular flexibility index (Phi) is 2.21. The average molecular weight is 302 g/mol. The number of ether oxygens (including phenoxy) is 2. The molecule has 22 heavy (non-hydrogen) atoms. The Morgan fingerprint density at radius 2 is 1.68 bits per heavy atom. The van der Waals surface area contributed by atoms with E-state index in [2.05, 4.69) is 0 Å². The summed E-state index contributed by atoms with van der Waals surface area (Å²) in [6.45, 7) is 0.502. The van der Waals surface area contributed by atoms with E-state index < -0.39 is 6.29 Å². The summed E-state index contributed by atoms with van der Waals surface area (Å²) in [6.07, 6.45) is 6.70. The fourth-order valence-corrected chi connectivity index (χ4v) is 7.20. The van der Waals surface area contributed by atoms with Crippen LogP contribution in [0, 0.1) is 40.9 Å². The van der Waals surface area contributed by atoms with E-state index in [0.29, 0.717) is 12.4 Å². The molecular weight excluding hydrogens is 280 g/mol. The van der Waals surface area contributed by atoms with Crippen LogP contribution in [0.15, 0.2) is 0 Å². The Hall–Kier alpha value is -0.740. The fraction of sp³-hybridized carbons (Fsp3) is 0.889. The highest BCUT2D eigenvalue weighted by atomic mass is 16.7. The molecule has 5 aliphatic carbocycles. The van der Waals surface area contributed by atoms with Gasteiger partial charge in [-0.3, -0.25) is 9.59 Å². The Morgan fingerprint density at radius 1 is 1.05 bits per heavy atom. The number of carbonyl (C=O) groups is 2. The molecule has 5 atom stereocenters. The van der Waals surface area contributed by atoms with E-state index in [1.54, 1.807) is 0 Å². The number of ketones is 2. The zero-order valence-electron chi connectivity index (χ0n) is 12.7. The molecule has 118 valence electrons. The maximum atomic E-state index is 13.4. The second kappa shape index (κ2) is 3.84. The van der Waals surface area contributed by atoms with Gasteiger partial charge in [0, 0.05) is 23.2 Å². The predicted octanol–water partition coefficient (Wildman–Crippen LogP) is 1.96. The van der Waals surface area contributed by atoms with Gasteiger partial charge in [0.2, 0.25) is 6.29 Å². The normalized spacial score (nSPS) is 60.5. The molecule has 7 rings (SSSR count). The fourth-order valence-electron chi connectivity index (χ4n) is 7.20. The first kappa shape index (κ1) is 12.7. The maximum Gasteiger partial charge on any atom is 0.218 e. The van der Waals surface area contributed by atoms with E-state index in [9.17, 15) is 9.59 Å². The van der Waals surface area contributed by atoms with Crippen molar-refractivity contribution >= 4 is 11.6 Å². The molecule has 0 aromatic rings. The van der Waals surface area contributed by atoms with Gasteiger partial charge in [-0.2, -0.15) is 0 Å². The van der Waals surface area contributed by atoms with E-state index in [0.717, 1.165) is 37.0 Å². The van der Waals surface area contributed by atoms with E-state index >= 15 is 0 Å². The molecule has 7 fully saturated rings. The second-order valence-corrected chi connectivity index (χ2v) is 8.93. The summed E-state index contributed by atoms with van der Waals surface area (Å²) >= 11 is 0. The van der Waals surface area contributed by atoms with Gasteiger partial charge < -0.3 is 9.47 Å². The van der Waals surface area contributed by atoms with Gasteiger partial charge in [0.1, 0.15) is 5.78 Å². The van der Waals surface area contributed by atoms with Crippen LogP contribution in [0.2, 0.25) is 0 Å². The number of hydrogen-bond donors (Lipinski definition) is 0. The Bertz CT molecular complexity index is 546. The smallest absolute Gasteiger partial charge is 0.218 e. The zero-order valence-corrected chi connectivity index (χ0v) is 12.7. The van der Waals surface area contributed by atoms with Crippen molar-refractivity contribution in [3.63, 3.8) is 0 Å². The van der Waals surface area contributed by atoms with E-state index in [1.807, 2.05) is 0 Å². The number of hydrogen-bond acceptors (Lipinski definition) is 4. The molecule has 5 saturated carbocycles. The van der Waals surface area contributed by atoms with Crippen molar-refractivity contribution in [2.45, 2.75) is 50.9 Å². The first-order chi connectivity index (χ1) is 10.6. The van der Waals surface area contributed by atoms with Crippen molar-refractivity contribution in [1.29, 1.82) is 0 Å². The van der Waals surface area contributed by atoms with Gasteiger partial charge in [-0.25, -0.2) is 0 Å². The molecule has 0 aromatic carbocycles. The zero-order chi connectivity index (χ0) is 14.6. The van der Waals surface area contributed by atoms with Crippen molar-refractivity contribution in [2.75, 3.05) is 6.61 Å². The Labute approximate surface area is 129 Å². The number of Topliss-reactive ketones (excluding diaryl/α,β-unsaturated/α-hetero) is 2. The third kappa shape index (κ3) is 1.42. The van der Waals surface area contributed by atoms with Gasteiger partial charge >= 0.3 is 0 Å². The lowest BCUT2D eigenvalue weighted by Gasteiger charge is -2.56. The molecule has 4 heteroatoms. The lowest BCUT2D eigenvalue weighted by molar-refractivity contribution is -0.154. The van der Waals surface area contributed by atoms with Crippen LogP contribution in [-0.4, -0.2) is 30.6 Å². The van der Waals surface area contributed by atoms with E-state index in [4.69, 9.17) is 9.47 Å². The van der Waals surface area contributed by atoms with Crippen LogP contribution in [0.4, 0.5) is 0 Å². The van der Waals surface area contributed by atoms with Gasteiger partial charge in [-0.15, -0.1) is 0 Å². The molecule has 0 unspecified atom stereocenters. The van der Waals surface area contributed by atoms with Crippen LogP contribution < -0.4 is 0 Å². The van der Waals surface area contributed by atoms with Gasteiger partial charge in [-0.1, -0.05) is 0 Å². The van der Waals surface area contributed by atoms with Crippen LogP contribution in [0.3, 0.4) is 0 Å². The number of fused-ring (bicyclic) bond motifs is 4. The molecule has 0 aromatic heterocycles. The first-order valence-corrected chi connectivity index (χ1v) is 9.00. The van der Waals surface area contributed by atoms with Crippen LogP contribution in [0.25, 0.3) is 0 Å². The third-order valence-corrected chi connectivity index (χ3v) is 7.64. The van der Waals surface area contributed by atoms with E-state index in [1.165, 1.54) is 19.3 Å². The van der Waals surface area contributed by atoms with Crippen molar-refractivity contribution in [2.24, 2.45) is 40.9 Å². The standard InChI is InChI=1S/C18H22O4/c19-15-13-12(11-7-21-17(15)22-11)14(13)16(20)18-4-8-1-9(5-18)3-10(2-8)6-18/h8-14,17H,1-7H2/t8?,9?,10?,11-,12+,13+,14-,17+,18?/m0/s1. The van der Waals surface area contributed by atoms with Gasteiger partial charge in [-0.05, 0) is 56.3 Å². The van der Waals surface area contributed by atoms with Crippen molar-refractivity contribution < 1.29 is 19.1 Å². The molecule has 0 amide bonds. The summed E-state index contributed by atoms with van der Waals surface area (Å²) in [5.74, 6) is 2.84. The summed E-state index contributed by atoms with van der Waals surface area (Å²) in [5.41, 5.74) is -0.0723. The molecule has 2 heterocycles. The monoisotopic (exact) mass is 302 g/mol. The molecule has 4 nitrogen and oxygen atoms in total. The lowest BCUT2D eigenvalue weighted by Crippen LogP contribution is -2.50. The maximum absolute atomic E-state index is 13.4. The highest BCUT2D eigenvalue weighted by molar-refractivity contribution is 6.00. The quantitative estimate of drug-likeness (QED) is 0.782. The second-order valence-electron chi connectivity index (χ2n) is 8.93. The van der Waals surface area contributed by atoms with Crippen LogP contribution in [-0.2, 0) is 19.1 Å². The first-order valence-electron chi connectivity index (χ1n) is 9.00. The molecule has 6 bridgehead atoms. The van der Waals surface area contributed by atoms with Crippen LogP contribution in [0.1, 0.15) is 38.5 Å². The average Bonchev–Trinajstić information content (AvgIpc) is 3.07.